The van der Waals surface area contributed by atoms with Gasteiger partial charge in [-0.2, -0.15) is 0 Å². The number of benzene rings is 1. The monoisotopic (exact) mass is 273 g/mol. The molecule has 3 nitrogen and oxygen atoms in total. The fourth-order valence-electron chi connectivity index (χ4n) is 2.38. The Kier molecular flexibility index (Phi) is 4.02. The van der Waals surface area contributed by atoms with E-state index in [9.17, 15) is 4.39 Å². The van der Waals surface area contributed by atoms with Crippen molar-refractivity contribution < 1.29 is 4.39 Å². The average molecular weight is 273 g/mol. The third-order valence-electron chi connectivity index (χ3n) is 3.37. The van der Waals surface area contributed by atoms with Gasteiger partial charge in [0.25, 0.3) is 0 Å². The number of nitrogens with zero attached hydrogens (tertiary/aromatic N) is 2. The molecule has 1 heterocycles. The van der Waals surface area contributed by atoms with Crippen molar-refractivity contribution in [2.45, 2.75) is 40.5 Å². The number of aromatic nitrogens is 2. The highest BCUT2D eigenvalue weighted by molar-refractivity contribution is 5.71. The molecule has 0 fully saturated rings. The molecule has 0 bridgehead atoms. The second-order valence-corrected chi connectivity index (χ2v) is 5.19. The molecule has 2 aromatic rings. The third-order valence-corrected chi connectivity index (χ3v) is 3.37. The summed E-state index contributed by atoms with van der Waals surface area (Å²) in [4.78, 5) is 8.78. The molecule has 1 aromatic heterocycles. The Labute approximate surface area is 119 Å². The topological polar surface area (TPSA) is 51.8 Å². The van der Waals surface area contributed by atoms with Crippen molar-refractivity contribution in [1.29, 1.82) is 0 Å². The number of nitrogens with two attached hydrogens (primary N) is 1. The van der Waals surface area contributed by atoms with Crippen LogP contribution in [-0.4, -0.2) is 9.97 Å². The smallest absolute Gasteiger partial charge is 0.133 e. The lowest BCUT2D eigenvalue weighted by atomic mass is 9.99. The maximum Gasteiger partial charge on any atom is 0.133 e. The minimum absolute atomic E-state index is 0.258. The lowest BCUT2D eigenvalue weighted by molar-refractivity contribution is 0.628. The molecule has 0 unspecified atom stereocenters. The zero-order chi connectivity index (χ0) is 14.9. The van der Waals surface area contributed by atoms with Crippen molar-refractivity contribution in [3.63, 3.8) is 0 Å². The Bertz CT molecular complexity index is 627. The minimum Gasteiger partial charge on any atom is -0.383 e. The normalized spacial score (nSPS) is 10.8. The van der Waals surface area contributed by atoms with Gasteiger partial charge < -0.3 is 5.73 Å². The summed E-state index contributed by atoms with van der Waals surface area (Å²) in [5, 5.41) is 0. The summed E-state index contributed by atoms with van der Waals surface area (Å²) in [6, 6.07) is 3.48. The average Bonchev–Trinajstić information content (AvgIpc) is 2.34. The second kappa shape index (κ2) is 5.57. The number of hydrogen-bond acceptors (Lipinski definition) is 3. The van der Waals surface area contributed by atoms with E-state index in [0.717, 1.165) is 29.5 Å². The van der Waals surface area contributed by atoms with Gasteiger partial charge in [-0.05, 0) is 44.4 Å². The van der Waals surface area contributed by atoms with E-state index in [1.807, 2.05) is 26.8 Å². The van der Waals surface area contributed by atoms with E-state index in [4.69, 9.17) is 5.73 Å². The number of rotatable bonds is 3. The molecule has 1 aromatic carbocycles. The van der Waals surface area contributed by atoms with E-state index < -0.39 is 0 Å². The molecule has 0 radical (unpaired) electrons. The van der Waals surface area contributed by atoms with Gasteiger partial charge in [-0.1, -0.05) is 13.0 Å². The van der Waals surface area contributed by atoms with Gasteiger partial charge in [0.2, 0.25) is 0 Å². The maximum absolute atomic E-state index is 14.3. The summed E-state index contributed by atoms with van der Waals surface area (Å²) in [5.41, 5.74) is 9.58. The van der Waals surface area contributed by atoms with Crippen LogP contribution in [0.25, 0.3) is 11.3 Å². The van der Waals surface area contributed by atoms with E-state index in [0.29, 0.717) is 22.9 Å². The maximum atomic E-state index is 14.3. The molecule has 0 saturated heterocycles. The predicted molar refractivity (Wildman–Crippen MR) is 80.0 cm³/mol. The number of aryl methyl sites for hydroxylation is 3. The Morgan fingerprint density at radius 1 is 1.15 bits per heavy atom. The first-order valence-corrected chi connectivity index (χ1v) is 6.84. The molecule has 0 aliphatic rings. The zero-order valence-electron chi connectivity index (χ0n) is 12.4. The summed E-state index contributed by atoms with van der Waals surface area (Å²) < 4.78 is 14.3. The molecule has 0 amide bonds. The van der Waals surface area contributed by atoms with E-state index in [1.54, 1.807) is 0 Å². The van der Waals surface area contributed by atoms with Crippen LogP contribution >= 0.6 is 0 Å². The van der Waals surface area contributed by atoms with Crippen LogP contribution < -0.4 is 5.73 Å². The van der Waals surface area contributed by atoms with Crippen LogP contribution in [0, 0.1) is 26.6 Å². The van der Waals surface area contributed by atoms with Crippen molar-refractivity contribution in [3.05, 3.63) is 40.5 Å². The summed E-state index contributed by atoms with van der Waals surface area (Å²) in [5.74, 6) is 0.842. The molecule has 0 saturated carbocycles. The van der Waals surface area contributed by atoms with Crippen molar-refractivity contribution in [2.24, 2.45) is 0 Å². The lowest BCUT2D eigenvalue weighted by Gasteiger charge is -2.13. The molecule has 0 spiro atoms. The van der Waals surface area contributed by atoms with E-state index in [-0.39, 0.29) is 5.82 Å². The highest BCUT2D eigenvalue weighted by Gasteiger charge is 2.16. The number of anilines is 1. The number of nitrogen functional groups attached to an aromatic ring is 1. The Balaban J connectivity index is 2.69. The summed E-state index contributed by atoms with van der Waals surface area (Å²) in [6.45, 7) is 7.65. The number of hydrogen-bond donors (Lipinski definition) is 1. The fraction of sp³-hybridized carbons (Fsp3) is 0.375. The molecule has 0 atom stereocenters. The van der Waals surface area contributed by atoms with Crippen LogP contribution in [0.4, 0.5) is 10.2 Å². The predicted octanol–water partition coefficient (Wildman–Crippen LogP) is 3.74. The van der Waals surface area contributed by atoms with Gasteiger partial charge >= 0.3 is 0 Å². The van der Waals surface area contributed by atoms with Gasteiger partial charge in [-0.3, -0.25) is 0 Å². The van der Waals surface area contributed by atoms with E-state index >= 15 is 0 Å². The Morgan fingerprint density at radius 2 is 1.85 bits per heavy atom. The van der Waals surface area contributed by atoms with Crippen molar-refractivity contribution in [3.8, 4) is 11.3 Å². The van der Waals surface area contributed by atoms with Gasteiger partial charge in [-0.25, -0.2) is 14.4 Å². The standard InChI is InChI=1S/C16H20FN3/c1-5-6-13-19-15(11(4)16(18)20-13)14-10(3)7-9(2)8-12(14)17/h7-8H,5-6H2,1-4H3,(H2,18,19,20). The first-order chi connectivity index (χ1) is 9.43. The highest BCUT2D eigenvalue weighted by atomic mass is 19.1. The van der Waals surface area contributed by atoms with Gasteiger partial charge in [-0.15, -0.1) is 0 Å². The third kappa shape index (κ3) is 2.64. The Morgan fingerprint density at radius 3 is 2.45 bits per heavy atom. The van der Waals surface area contributed by atoms with Crippen molar-refractivity contribution in [1.82, 2.24) is 9.97 Å². The first kappa shape index (κ1) is 14.4. The molecular formula is C16H20FN3. The number of halogens is 1. The first-order valence-electron chi connectivity index (χ1n) is 6.84. The lowest BCUT2D eigenvalue weighted by Crippen LogP contribution is -2.06. The molecule has 0 aliphatic carbocycles. The molecular weight excluding hydrogens is 253 g/mol. The van der Waals surface area contributed by atoms with E-state index in [2.05, 4.69) is 16.9 Å². The van der Waals surface area contributed by atoms with Crippen LogP contribution in [0.15, 0.2) is 12.1 Å². The van der Waals surface area contributed by atoms with Gasteiger partial charge in [0, 0.05) is 17.5 Å². The van der Waals surface area contributed by atoms with Crippen molar-refractivity contribution >= 4 is 5.82 Å². The molecule has 4 heteroatoms. The van der Waals surface area contributed by atoms with Crippen LogP contribution in [0.5, 0.6) is 0 Å². The Hall–Kier alpha value is -1.97. The minimum atomic E-state index is -0.258. The molecule has 2 rings (SSSR count). The van der Waals surface area contributed by atoms with Gasteiger partial charge in [0.05, 0.1) is 5.69 Å². The largest absolute Gasteiger partial charge is 0.383 e. The van der Waals surface area contributed by atoms with E-state index in [1.165, 1.54) is 6.07 Å². The second-order valence-electron chi connectivity index (χ2n) is 5.19. The molecule has 106 valence electrons. The molecule has 0 aliphatic heterocycles. The van der Waals surface area contributed by atoms with Crippen LogP contribution in [0.1, 0.15) is 35.9 Å². The van der Waals surface area contributed by atoms with Crippen LogP contribution in [0.3, 0.4) is 0 Å². The highest BCUT2D eigenvalue weighted by Crippen LogP contribution is 2.30. The fourth-order valence-corrected chi connectivity index (χ4v) is 2.38. The van der Waals surface area contributed by atoms with Gasteiger partial charge in [0.1, 0.15) is 17.5 Å². The zero-order valence-corrected chi connectivity index (χ0v) is 12.4. The van der Waals surface area contributed by atoms with Crippen LogP contribution in [0.2, 0.25) is 0 Å². The quantitative estimate of drug-likeness (QED) is 0.926. The summed E-state index contributed by atoms with van der Waals surface area (Å²) >= 11 is 0. The van der Waals surface area contributed by atoms with Crippen LogP contribution in [-0.2, 0) is 6.42 Å². The van der Waals surface area contributed by atoms with Crippen molar-refractivity contribution in [2.75, 3.05) is 5.73 Å². The summed E-state index contributed by atoms with van der Waals surface area (Å²) in [7, 11) is 0. The van der Waals surface area contributed by atoms with Gasteiger partial charge in [0.15, 0.2) is 0 Å². The molecule has 2 N–H and O–H groups in total. The summed E-state index contributed by atoms with van der Waals surface area (Å²) in [6.07, 6.45) is 1.67. The molecule has 20 heavy (non-hydrogen) atoms. The SMILES string of the molecule is CCCc1nc(N)c(C)c(-c2c(C)cc(C)cc2F)n1.